The first-order valence-electron chi connectivity index (χ1n) is 9.81. The normalized spacial score (nSPS) is 16.2. The van der Waals surface area contributed by atoms with Crippen LogP contribution in [0.2, 0.25) is 0 Å². The van der Waals surface area contributed by atoms with Crippen molar-refractivity contribution in [2.24, 2.45) is 0 Å². The molecule has 158 valence electrons. The third-order valence-electron chi connectivity index (χ3n) is 5.04. The van der Waals surface area contributed by atoms with Crippen LogP contribution < -0.4 is 5.32 Å². The molecular formula is C21H23FN4O2S2. The molecule has 1 aromatic carbocycles. The van der Waals surface area contributed by atoms with Crippen molar-refractivity contribution in [1.29, 1.82) is 0 Å². The van der Waals surface area contributed by atoms with Gasteiger partial charge in [-0.25, -0.2) is 4.39 Å². The van der Waals surface area contributed by atoms with Crippen LogP contribution in [0.25, 0.3) is 5.69 Å². The monoisotopic (exact) mass is 446 g/mol. The second kappa shape index (κ2) is 9.28. The van der Waals surface area contributed by atoms with Gasteiger partial charge in [0.25, 0.3) is 0 Å². The second-order valence-electron chi connectivity index (χ2n) is 7.20. The fourth-order valence-electron chi connectivity index (χ4n) is 3.61. The quantitative estimate of drug-likeness (QED) is 0.401. The van der Waals surface area contributed by atoms with Gasteiger partial charge in [0.05, 0.1) is 11.9 Å². The van der Waals surface area contributed by atoms with Crippen molar-refractivity contribution in [2.45, 2.75) is 37.1 Å². The lowest BCUT2D eigenvalue weighted by Crippen LogP contribution is -2.18. The highest BCUT2D eigenvalue weighted by Crippen LogP contribution is 2.28. The zero-order chi connectivity index (χ0) is 21.1. The van der Waals surface area contributed by atoms with E-state index in [1.165, 1.54) is 35.2 Å². The van der Waals surface area contributed by atoms with E-state index in [0.717, 1.165) is 46.9 Å². The molecule has 0 bridgehead atoms. The van der Waals surface area contributed by atoms with Crippen LogP contribution in [0.1, 0.15) is 34.6 Å². The van der Waals surface area contributed by atoms with Crippen molar-refractivity contribution in [3.05, 3.63) is 53.1 Å². The van der Waals surface area contributed by atoms with Gasteiger partial charge in [-0.1, -0.05) is 29.2 Å². The van der Waals surface area contributed by atoms with E-state index in [9.17, 15) is 9.18 Å². The minimum Gasteiger partial charge on any atom is -0.376 e. The Labute approximate surface area is 182 Å². The summed E-state index contributed by atoms with van der Waals surface area (Å²) in [4.78, 5) is 12.8. The third kappa shape index (κ3) is 4.74. The SMILES string of the molecule is Cc1cc(C(=O)CSc2nnc(NCC3CCCO3)s2)c(C)n1-c1cccc(F)c1. The van der Waals surface area contributed by atoms with Crippen molar-refractivity contribution in [1.82, 2.24) is 14.8 Å². The maximum Gasteiger partial charge on any atom is 0.206 e. The summed E-state index contributed by atoms with van der Waals surface area (Å²) in [5, 5.41) is 12.3. The molecular weight excluding hydrogens is 423 g/mol. The minimum atomic E-state index is -0.302. The van der Waals surface area contributed by atoms with E-state index in [4.69, 9.17) is 4.74 Å². The highest BCUT2D eigenvalue weighted by Gasteiger charge is 2.19. The highest BCUT2D eigenvalue weighted by molar-refractivity contribution is 8.01. The second-order valence-corrected chi connectivity index (χ2v) is 9.40. The summed E-state index contributed by atoms with van der Waals surface area (Å²) in [5.41, 5.74) is 3.05. The Hall–Kier alpha value is -2.23. The molecule has 2 aromatic heterocycles. The molecule has 4 rings (SSSR count). The molecule has 0 saturated carbocycles. The standard InChI is InChI=1S/C21H23FN4O2S2/c1-13-9-18(14(2)26(13)16-6-3-5-15(22)10-16)19(27)12-29-21-25-24-20(30-21)23-11-17-7-4-8-28-17/h3,5-6,9-10,17H,4,7-8,11-12H2,1-2H3,(H,23,24). The van der Waals surface area contributed by atoms with Gasteiger partial charge in [0, 0.05) is 35.8 Å². The lowest BCUT2D eigenvalue weighted by atomic mass is 10.2. The molecule has 3 heterocycles. The lowest BCUT2D eigenvalue weighted by Gasteiger charge is -2.09. The first-order chi connectivity index (χ1) is 14.5. The molecule has 1 aliphatic rings. The molecule has 1 unspecified atom stereocenters. The van der Waals surface area contributed by atoms with Gasteiger partial charge in [-0.15, -0.1) is 10.2 Å². The largest absolute Gasteiger partial charge is 0.376 e. The van der Waals surface area contributed by atoms with E-state index in [1.807, 2.05) is 30.5 Å². The van der Waals surface area contributed by atoms with E-state index >= 15 is 0 Å². The van der Waals surface area contributed by atoms with Crippen molar-refractivity contribution < 1.29 is 13.9 Å². The number of benzene rings is 1. The number of ether oxygens (including phenoxy) is 1. The summed E-state index contributed by atoms with van der Waals surface area (Å²) in [7, 11) is 0. The van der Waals surface area contributed by atoms with E-state index in [2.05, 4.69) is 15.5 Å². The molecule has 0 aliphatic carbocycles. The van der Waals surface area contributed by atoms with Gasteiger partial charge in [0.2, 0.25) is 5.13 Å². The average molecular weight is 447 g/mol. The van der Waals surface area contributed by atoms with Crippen LogP contribution in [0.15, 0.2) is 34.7 Å². The number of carbonyl (C=O) groups excluding carboxylic acids is 1. The summed E-state index contributed by atoms with van der Waals surface area (Å²) in [6, 6.07) is 8.23. The number of aryl methyl sites for hydroxylation is 1. The molecule has 0 radical (unpaired) electrons. The van der Waals surface area contributed by atoms with Gasteiger partial charge in [-0.05, 0) is 51.0 Å². The molecule has 1 atom stereocenters. The number of hydrogen-bond acceptors (Lipinski definition) is 7. The predicted molar refractivity (Wildman–Crippen MR) is 118 cm³/mol. The van der Waals surface area contributed by atoms with Gasteiger partial charge in [-0.2, -0.15) is 0 Å². The van der Waals surface area contributed by atoms with Crippen LogP contribution in [0.4, 0.5) is 9.52 Å². The zero-order valence-corrected chi connectivity index (χ0v) is 18.5. The molecule has 1 fully saturated rings. The highest BCUT2D eigenvalue weighted by atomic mass is 32.2. The van der Waals surface area contributed by atoms with Crippen LogP contribution in [-0.2, 0) is 4.74 Å². The van der Waals surface area contributed by atoms with Crippen LogP contribution in [0, 0.1) is 19.7 Å². The van der Waals surface area contributed by atoms with E-state index in [1.54, 1.807) is 6.07 Å². The lowest BCUT2D eigenvalue weighted by molar-refractivity contribution is 0.102. The number of ketones is 1. The molecule has 1 N–H and O–H groups in total. The number of rotatable bonds is 8. The van der Waals surface area contributed by atoms with Gasteiger partial charge in [0.15, 0.2) is 10.1 Å². The van der Waals surface area contributed by atoms with Gasteiger partial charge < -0.3 is 14.6 Å². The average Bonchev–Trinajstić information content (AvgIpc) is 3.45. The zero-order valence-electron chi connectivity index (χ0n) is 16.9. The number of hydrogen-bond donors (Lipinski definition) is 1. The van der Waals surface area contributed by atoms with E-state index in [-0.39, 0.29) is 23.5 Å². The number of thioether (sulfide) groups is 1. The maximum absolute atomic E-state index is 13.6. The Balaban J connectivity index is 1.38. The number of nitrogens with one attached hydrogen (secondary N) is 1. The van der Waals surface area contributed by atoms with Crippen molar-refractivity contribution in [2.75, 3.05) is 24.2 Å². The Bertz CT molecular complexity index is 1040. The summed E-state index contributed by atoms with van der Waals surface area (Å²) in [5.74, 6) is -0.0169. The van der Waals surface area contributed by atoms with Gasteiger partial charge >= 0.3 is 0 Å². The molecule has 0 amide bonds. The number of halogens is 1. The molecule has 30 heavy (non-hydrogen) atoms. The smallest absolute Gasteiger partial charge is 0.206 e. The van der Waals surface area contributed by atoms with E-state index < -0.39 is 0 Å². The van der Waals surface area contributed by atoms with E-state index in [0.29, 0.717) is 11.3 Å². The van der Waals surface area contributed by atoms with Crippen LogP contribution in [0.3, 0.4) is 0 Å². The molecule has 6 nitrogen and oxygen atoms in total. The molecule has 1 aliphatic heterocycles. The fourth-order valence-corrected chi connectivity index (χ4v) is 5.25. The Kier molecular flexibility index (Phi) is 6.50. The van der Waals surface area contributed by atoms with Gasteiger partial charge in [-0.3, -0.25) is 4.79 Å². The Morgan fingerprint density at radius 2 is 2.23 bits per heavy atom. The van der Waals surface area contributed by atoms with Crippen LogP contribution in [-0.4, -0.2) is 45.6 Å². The molecule has 0 spiro atoms. The fraction of sp³-hybridized carbons (Fsp3) is 0.381. The third-order valence-corrected chi connectivity index (χ3v) is 7.05. The predicted octanol–water partition coefficient (Wildman–Crippen LogP) is 4.65. The number of anilines is 1. The molecule has 9 heteroatoms. The van der Waals surface area contributed by atoms with Crippen molar-refractivity contribution >= 4 is 34.0 Å². The first-order valence-corrected chi connectivity index (χ1v) is 11.6. The number of aromatic nitrogens is 3. The van der Waals surface area contributed by atoms with Gasteiger partial charge in [0.1, 0.15) is 5.82 Å². The summed E-state index contributed by atoms with van der Waals surface area (Å²) < 4.78 is 21.9. The summed E-state index contributed by atoms with van der Waals surface area (Å²) in [6.45, 7) is 5.35. The Morgan fingerprint density at radius 1 is 1.37 bits per heavy atom. The number of Topliss-reactive ketones (excluding diaryl/α,β-unsaturated/α-hetero) is 1. The maximum atomic E-state index is 13.6. The number of carbonyl (C=O) groups is 1. The van der Waals surface area contributed by atoms with Crippen LogP contribution in [0.5, 0.6) is 0 Å². The molecule has 1 saturated heterocycles. The summed E-state index contributed by atoms with van der Waals surface area (Å²) >= 11 is 2.82. The number of nitrogens with zero attached hydrogens (tertiary/aromatic N) is 3. The summed E-state index contributed by atoms with van der Waals surface area (Å²) in [6.07, 6.45) is 2.40. The molecule has 3 aromatic rings. The first kappa shape index (κ1) is 21.0. The van der Waals surface area contributed by atoms with Crippen molar-refractivity contribution in [3.63, 3.8) is 0 Å². The topological polar surface area (TPSA) is 69.0 Å². The minimum absolute atomic E-state index is 0.0137. The van der Waals surface area contributed by atoms with Crippen LogP contribution >= 0.6 is 23.1 Å². The van der Waals surface area contributed by atoms with Crippen molar-refractivity contribution in [3.8, 4) is 5.69 Å². The Morgan fingerprint density at radius 3 is 3.00 bits per heavy atom.